The molecule has 0 saturated carbocycles. The fourth-order valence-corrected chi connectivity index (χ4v) is 2.54. The Hall–Kier alpha value is -2.30. The van der Waals surface area contributed by atoms with Crippen LogP contribution in [0.25, 0.3) is 11.0 Å². The highest BCUT2D eigenvalue weighted by atomic mass is 15.3. The zero-order valence-electron chi connectivity index (χ0n) is 12.6. The number of imidazole rings is 1. The maximum atomic E-state index is 4.75. The maximum absolute atomic E-state index is 4.75. The summed E-state index contributed by atoms with van der Waals surface area (Å²) in [7, 11) is 0. The van der Waals surface area contributed by atoms with Crippen LogP contribution in [-0.4, -0.2) is 19.3 Å². The molecular weight excluding hydrogens is 262 g/mol. The maximum Gasteiger partial charge on any atom is 0.129 e. The molecule has 110 valence electrons. The minimum absolute atomic E-state index is 0.712. The standard InChI is InChI=1S/C16H21N5/c1-3-9-21-15-8-6-5-7-14(15)19-16(21)11-17-13-10-18-20(4-2)12-13/h5-8,10,12,17H,3-4,9,11H2,1-2H3. The molecule has 0 saturated heterocycles. The van der Waals surface area contributed by atoms with Crippen LogP contribution in [0.15, 0.2) is 36.7 Å². The van der Waals surface area contributed by atoms with Gasteiger partial charge in [0, 0.05) is 19.3 Å². The van der Waals surface area contributed by atoms with Crippen LogP contribution >= 0.6 is 0 Å². The second kappa shape index (κ2) is 5.99. The molecule has 0 aliphatic carbocycles. The third-order valence-electron chi connectivity index (χ3n) is 3.59. The van der Waals surface area contributed by atoms with Gasteiger partial charge in [-0.3, -0.25) is 4.68 Å². The zero-order chi connectivity index (χ0) is 14.7. The third-order valence-corrected chi connectivity index (χ3v) is 3.59. The zero-order valence-corrected chi connectivity index (χ0v) is 12.6. The summed E-state index contributed by atoms with van der Waals surface area (Å²) in [5.41, 5.74) is 3.30. The van der Waals surface area contributed by atoms with Gasteiger partial charge in [-0.25, -0.2) is 4.98 Å². The average molecular weight is 283 g/mol. The molecule has 5 heteroatoms. The number of hydrogen-bond donors (Lipinski definition) is 1. The Morgan fingerprint density at radius 3 is 2.81 bits per heavy atom. The van der Waals surface area contributed by atoms with Crippen LogP contribution in [0.3, 0.4) is 0 Å². The van der Waals surface area contributed by atoms with Crippen LogP contribution in [0.1, 0.15) is 26.1 Å². The van der Waals surface area contributed by atoms with Gasteiger partial charge in [0.1, 0.15) is 5.82 Å². The molecule has 0 fully saturated rings. The van der Waals surface area contributed by atoms with E-state index >= 15 is 0 Å². The molecule has 0 atom stereocenters. The summed E-state index contributed by atoms with van der Waals surface area (Å²) in [5, 5.41) is 7.68. The number of nitrogens with zero attached hydrogens (tertiary/aromatic N) is 4. The number of para-hydroxylation sites is 2. The predicted octanol–water partition coefficient (Wildman–Crippen LogP) is 3.27. The molecule has 21 heavy (non-hydrogen) atoms. The van der Waals surface area contributed by atoms with E-state index < -0.39 is 0 Å². The molecule has 0 radical (unpaired) electrons. The topological polar surface area (TPSA) is 47.7 Å². The molecule has 0 aliphatic rings. The minimum Gasteiger partial charge on any atom is -0.375 e. The lowest BCUT2D eigenvalue weighted by Gasteiger charge is -2.08. The van der Waals surface area contributed by atoms with Crippen molar-refractivity contribution in [1.82, 2.24) is 19.3 Å². The first-order chi connectivity index (χ1) is 10.3. The van der Waals surface area contributed by atoms with Gasteiger partial charge in [0.15, 0.2) is 0 Å². The Morgan fingerprint density at radius 1 is 1.19 bits per heavy atom. The molecule has 2 heterocycles. The molecule has 1 aromatic carbocycles. The monoisotopic (exact) mass is 283 g/mol. The largest absolute Gasteiger partial charge is 0.375 e. The van der Waals surface area contributed by atoms with Crippen molar-refractivity contribution >= 4 is 16.7 Å². The first-order valence-electron chi connectivity index (χ1n) is 7.52. The third kappa shape index (κ3) is 2.77. The lowest BCUT2D eigenvalue weighted by Crippen LogP contribution is -2.08. The van der Waals surface area contributed by atoms with E-state index in [1.165, 1.54) is 5.52 Å². The lowest BCUT2D eigenvalue weighted by molar-refractivity contribution is 0.658. The van der Waals surface area contributed by atoms with E-state index in [9.17, 15) is 0 Å². The van der Waals surface area contributed by atoms with Gasteiger partial charge in [-0.05, 0) is 25.5 Å². The predicted molar refractivity (Wildman–Crippen MR) is 85.3 cm³/mol. The number of fused-ring (bicyclic) bond motifs is 1. The molecule has 3 aromatic rings. The number of rotatable bonds is 6. The Balaban J connectivity index is 1.83. The molecule has 0 unspecified atom stereocenters. The van der Waals surface area contributed by atoms with Crippen LogP contribution in [0.5, 0.6) is 0 Å². The Morgan fingerprint density at radius 2 is 2.05 bits per heavy atom. The van der Waals surface area contributed by atoms with Crippen molar-refractivity contribution in [2.45, 2.75) is 39.9 Å². The summed E-state index contributed by atoms with van der Waals surface area (Å²) in [6, 6.07) is 8.31. The summed E-state index contributed by atoms with van der Waals surface area (Å²) in [6.45, 7) is 6.86. The molecule has 0 aliphatic heterocycles. The van der Waals surface area contributed by atoms with Gasteiger partial charge in [-0.2, -0.15) is 5.10 Å². The highest BCUT2D eigenvalue weighted by Crippen LogP contribution is 2.17. The van der Waals surface area contributed by atoms with Crippen LogP contribution in [-0.2, 0) is 19.6 Å². The second-order valence-electron chi connectivity index (χ2n) is 5.11. The number of aryl methyl sites for hydroxylation is 2. The lowest BCUT2D eigenvalue weighted by atomic mass is 10.3. The highest BCUT2D eigenvalue weighted by Gasteiger charge is 2.09. The minimum atomic E-state index is 0.712. The smallest absolute Gasteiger partial charge is 0.129 e. The fourth-order valence-electron chi connectivity index (χ4n) is 2.54. The van der Waals surface area contributed by atoms with Crippen molar-refractivity contribution in [1.29, 1.82) is 0 Å². The Kier molecular flexibility index (Phi) is 3.90. The van der Waals surface area contributed by atoms with Crippen molar-refractivity contribution in [2.24, 2.45) is 0 Å². The molecule has 0 amide bonds. The normalized spacial score (nSPS) is 11.1. The van der Waals surface area contributed by atoms with Gasteiger partial charge in [0.25, 0.3) is 0 Å². The highest BCUT2D eigenvalue weighted by molar-refractivity contribution is 5.75. The molecular formula is C16H21N5. The van der Waals surface area contributed by atoms with Crippen LogP contribution in [0.4, 0.5) is 5.69 Å². The van der Waals surface area contributed by atoms with Crippen molar-refractivity contribution in [3.05, 3.63) is 42.5 Å². The van der Waals surface area contributed by atoms with Crippen LogP contribution in [0.2, 0.25) is 0 Å². The fraction of sp³-hybridized carbons (Fsp3) is 0.375. The van der Waals surface area contributed by atoms with E-state index in [1.54, 1.807) is 0 Å². The molecule has 2 aromatic heterocycles. The summed E-state index contributed by atoms with van der Waals surface area (Å²) in [4.78, 5) is 4.75. The van der Waals surface area contributed by atoms with Gasteiger partial charge in [0.2, 0.25) is 0 Å². The van der Waals surface area contributed by atoms with Gasteiger partial charge in [-0.1, -0.05) is 19.1 Å². The molecule has 5 nitrogen and oxygen atoms in total. The quantitative estimate of drug-likeness (QED) is 0.755. The number of nitrogens with one attached hydrogen (secondary N) is 1. The van der Waals surface area contributed by atoms with E-state index in [1.807, 2.05) is 23.1 Å². The molecule has 0 bridgehead atoms. The Labute approximate surface area is 124 Å². The van der Waals surface area contributed by atoms with Crippen molar-refractivity contribution in [3.63, 3.8) is 0 Å². The first kappa shape index (κ1) is 13.7. The molecule has 0 spiro atoms. The van der Waals surface area contributed by atoms with Crippen molar-refractivity contribution in [3.8, 4) is 0 Å². The van der Waals surface area contributed by atoms with E-state index in [0.29, 0.717) is 6.54 Å². The first-order valence-corrected chi connectivity index (χ1v) is 7.52. The number of aromatic nitrogens is 4. The SMILES string of the molecule is CCCn1c(CNc2cnn(CC)c2)nc2ccccc21. The Bertz CT molecular complexity index is 725. The van der Waals surface area contributed by atoms with Gasteiger partial charge >= 0.3 is 0 Å². The van der Waals surface area contributed by atoms with E-state index in [4.69, 9.17) is 4.98 Å². The van der Waals surface area contributed by atoms with Crippen molar-refractivity contribution < 1.29 is 0 Å². The van der Waals surface area contributed by atoms with Gasteiger partial charge in [-0.15, -0.1) is 0 Å². The summed E-state index contributed by atoms with van der Waals surface area (Å²) in [5.74, 6) is 1.07. The average Bonchev–Trinajstić information content (AvgIpc) is 3.10. The van der Waals surface area contributed by atoms with E-state index in [-0.39, 0.29) is 0 Å². The number of benzene rings is 1. The summed E-state index contributed by atoms with van der Waals surface area (Å²) >= 11 is 0. The van der Waals surface area contributed by atoms with E-state index in [2.05, 4.69) is 47.0 Å². The summed E-state index contributed by atoms with van der Waals surface area (Å²) in [6.07, 6.45) is 4.98. The second-order valence-corrected chi connectivity index (χ2v) is 5.11. The van der Waals surface area contributed by atoms with Gasteiger partial charge < -0.3 is 9.88 Å². The van der Waals surface area contributed by atoms with Crippen molar-refractivity contribution in [2.75, 3.05) is 5.32 Å². The van der Waals surface area contributed by atoms with E-state index in [0.717, 1.165) is 36.5 Å². The molecule has 1 N–H and O–H groups in total. The van der Waals surface area contributed by atoms with Crippen LogP contribution in [0, 0.1) is 0 Å². The number of anilines is 1. The number of hydrogen-bond acceptors (Lipinski definition) is 3. The van der Waals surface area contributed by atoms with Gasteiger partial charge in [0.05, 0.1) is 29.5 Å². The van der Waals surface area contributed by atoms with Crippen LogP contribution < -0.4 is 5.32 Å². The summed E-state index contributed by atoms with van der Waals surface area (Å²) < 4.78 is 4.21. The molecule has 3 rings (SSSR count).